The second kappa shape index (κ2) is 4.23. The molecule has 0 atom stereocenters. The molecule has 0 unspecified atom stereocenters. The molecule has 4 rings (SSSR count). The van der Waals surface area contributed by atoms with Crippen LogP contribution in [0.5, 0.6) is 0 Å². The summed E-state index contributed by atoms with van der Waals surface area (Å²) in [4.78, 5) is 15.5. The molecule has 21 heavy (non-hydrogen) atoms. The number of carbonyl (C=O) groups is 1. The van der Waals surface area contributed by atoms with Crippen LogP contribution in [0.4, 0.5) is 0 Å². The number of fused-ring (bicyclic) bond motifs is 5. The molecular formula is C15H10ClN3O2. The first-order valence-corrected chi connectivity index (χ1v) is 6.78. The molecule has 5 nitrogen and oxygen atoms in total. The van der Waals surface area contributed by atoms with Crippen LogP contribution in [0.3, 0.4) is 0 Å². The number of carboxylic acid groups (broad SMARTS) is 1. The number of imidazole rings is 1. The van der Waals surface area contributed by atoms with Crippen LogP contribution in [0, 0.1) is 0 Å². The van der Waals surface area contributed by atoms with Gasteiger partial charge in [-0.1, -0.05) is 11.6 Å². The summed E-state index contributed by atoms with van der Waals surface area (Å²) in [5, 5.41) is 9.85. The van der Waals surface area contributed by atoms with Crippen molar-refractivity contribution in [3.05, 3.63) is 59.0 Å². The summed E-state index contributed by atoms with van der Waals surface area (Å²) in [5.74, 6) is -0.414. The van der Waals surface area contributed by atoms with Crippen LogP contribution in [0.1, 0.15) is 16.1 Å². The van der Waals surface area contributed by atoms with Gasteiger partial charge in [-0.15, -0.1) is 0 Å². The predicted octanol–water partition coefficient (Wildman–Crippen LogP) is 3.05. The molecule has 3 heterocycles. The number of rotatable bonds is 1. The molecule has 0 amide bonds. The van der Waals surface area contributed by atoms with Gasteiger partial charge in [0.2, 0.25) is 0 Å². The quantitative estimate of drug-likeness (QED) is 0.587. The van der Waals surface area contributed by atoms with Crippen molar-refractivity contribution in [1.29, 1.82) is 0 Å². The molecule has 104 valence electrons. The molecule has 0 aliphatic carbocycles. The molecule has 0 saturated carbocycles. The third-order valence-electron chi connectivity index (χ3n) is 3.63. The molecule has 3 aromatic rings. The van der Waals surface area contributed by atoms with Crippen molar-refractivity contribution in [1.82, 2.24) is 14.1 Å². The number of aromatic nitrogens is 3. The molecule has 0 radical (unpaired) electrons. The van der Waals surface area contributed by atoms with E-state index in [9.17, 15) is 9.90 Å². The van der Waals surface area contributed by atoms with E-state index >= 15 is 0 Å². The van der Waals surface area contributed by atoms with E-state index in [4.69, 9.17) is 11.6 Å². The maximum Gasteiger partial charge on any atom is 0.356 e. The van der Waals surface area contributed by atoms with Crippen LogP contribution in [0.25, 0.3) is 17.2 Å². The standard InChI is InChI=1S/C15H10ClN3O2/c16-10-3-4-12-9(6-10)7-18-5-1-2-13(18)14-17-11(15(20)21)8-19(12)14/h1-6,8H,7H2,(H,20,21). The van der Waals surface area contributed by atoms with E-state index in [1.807, 2.05) is 39.6 Å². The lowest BCUT2D eigenvalue weighted by atomic mass is 10.1. The normalized spacial score (nSPS) is 12.2. The third kappa shape index (κ3) is 1.78. The van der Waals surface area contributed by atoms with Gasteiger partial charge < -0.3 is 9.67 Å². The summed E-state index contributed by atoms with van der Waals surface area (Å²) in [6.45, 7) is 0.671. The van der Waals surface area contributed by atoms with Crippen molar-refractivity contribution < 1.29 is 9.90 Å². The van der Waals surface area contributed by atoms with Crippen LogP contribution in [-0.4, -0.2) is 25.2 Å². The van der Waals surface area contributed by atoms with E-state index in [1.165, 1.54) is 0 Å². The van der Waals surface area contributed by atoms with E-state index < -0.39 is 5.97 Å². The number of halogens is 1. The minimum atomic E-state index is -1.04. The van der Waals surface area contributed by atoms with Crippen LogP contribution in [0.15, 0.2) is 42.7 Å². The third-order valence-corrected chi connectivity index (χ3v) is 3.86. The number of hydrogen-bond acceptors (Lipinski definition) is 2. The topological polar surface area (TPSA) is 60.0 Å². The van der Waals surface area contributed by atoms with E-state index in [2.05, 4.69) is 4.98 Å². The fourth-order valence-electron chi connectivity index (χ4n) is 2.70. The Hall–Kier alpha value is -2.53. The molecule has 1 aliphatic heterocycles. The van der Waals surface area contributed by atoms with Gasteiger partial charge in [0.25, 0.3) is 0 Å². The fourth-order valence-corrected chi connectivity index (χ4v) is 2.90. The summed E-state index contributed by atoms with van der Waals surface area (Å²) < 4.78 is 3.85. The Morgan fingerprint density at radius 2 is 2.19 bits per heavy atom. The first kappa shape index (κ1) is 12.2. The average Bonchev–Trinajstić information content (AvgIpc) is 3.03. The highest BCUT2D eigenvalue weighted by Crippen LogP contribution is 2.31. The molecular weight excluding hydrogens is 290 g/mol. The van der Waals surface area contributed by atoms with Gasteiger partial charge in [-0.05, 0) is 35.9 Å². The molecule has 1 N–H and O–H groups in total. The molecule has 0 spiro atoms. The molecule has 2 aromatic heterocycles. The van der Waals surface area contributed by atoms with Crippen molar-refractivity contribution in [2.45, 2.75) is 6.54 Å². The summed E-state index contributed by atoms with van der Waals surface area (Å²) >= 11 is 6.09. The Bertz CT molecular complexity index is 879. The van der Waals surface area contributed by atoms with E-state index in [0.717, 1.165) is 16.9 Å². The zero-order valence-electron chi connectivity index (χ0n) is 10.8. The van der Waals surface area contributed by atoms with Crippen molar-refractivity contribution in [3.63, 3.8) is 0 Å². The van der Waals surface area contributed by atoms with Gasteiger partial charge >= 0.3 is 5.97 Å². The van der Waals surface area contributed by atoms with Crippen LogP contribution < -0.4 is 0 Å². The molecule has 0 fully saturated rings. The zero-order valence-corrected chi connectivity index (χ0v) is 11.6. The maximum atomic E-state index is 11.2. The first-order valence-electron chi connectivity index (χ1n) is 6.40. The van der Waals surface area contributed by atoms with Crippen LogP contribution in [-0.2, 0) is 6.54 Å². The molecule has 1 aromatic carbocycles. The molecule has 0 saturated heterocycles. The largest absolute Gasteiger partial charge is 0.476 e. The van der Waals surface area contributed by atoms with Gasteiger partial charge in [0.15, 0.2) is 11.5 Å². The highest BCUT2D eigenvalue weighted by molar-refractivity contribution is 6.30. The number of nitrogens with zero attached hydrogens (tertiary/aromatic N) is 3. The van der Waals surface area contributed by atoms with Gasteiger partial charge in [0, 0.05) is 24.0 Å². The van der Waals surface area contributed by atoms with Crippen LogP contribution >= 0.6 is 11.6 Å². The second-order valence-electron chi connectivity index (χ2n) is 4.92. The minimum Gasteiger partial charge on any atom is -0.476 e. The van der Waals surface area contributed by atoms with E-state index in [0.29, 0.717) is 17.4 Å². The Morgan fingerprint density at radius 1 is 1.33 bits per heavy atom. The van der Waals surface area contributed by atoms with Gasteiger partial charge in [-0.3, -0.25) is 4.57 Å². The van der Waals surface area contributed by atoms with E-state index in [1.54, 1.807) is 12.3 Å². The lowest BCUT2D eigenvalue weighted by Crippen LogP contribution is -2.01. The lowest BCUT2D eigenvalue weighted by molar-refractivity contribution is 0.0691. The Balaban J connectivity index is 2.07. The Kier molecular flexibility index (Phi) is 2.46. The summed E-state index contributed by atoms with van der Waals surface area (Å²) in [7, 11) is 0. The molecule has 6 heteroatoms. The number of hydrogen-bond donors (Lipinski definition) is 1. The second-order valence-corrected chi connectivity index (χ2v) is 5.36. The van der Waals surface area contributed by atoms with Crippen molar-refractivity contribution in [3.8, 4) is 17.2 Å². The zero-order chi connectivity index (χ0) is 14.6. The fraction of sp³-hybridized carbons (Fsp3) is 0.0667. The van der Waals surface area contributed by atoms with Crippen molar-refractivity contribution in [2.24, 2.45) is 0 Å². The predicted molar refractivity (Wildman–Crippen MR) is 78.1 cm³/mol. The van der Waals surface area contributed by atoms with Gasteiger partial charge in [-0.2, -0.15) is 0 Å². The van der Waals surface area contributed by atoms with Crippen molar-refractivity contribution in [2.75, 3.05) is 0 Å². The van der Waals surface area contributed by atoms with Crippen molar-refractivity contribution >= 4 is 17.6 Å². The maximum absolute atomic E-state index is 11.2. The first-order chi connectivity index (χ1) is 10.1. The number of carboxylic acids is 1. The van der Waals surface area contributed by atoms with Gasteiger partial charge in [-0.25, -0.2) is 9.78 Å². The monoisotopic (exact) mass is 299 g/mol. The Morgan fingerprint density at radius 3 is 3.00 bits per heavy atom. The van der Waals surface area contributed by atoms with E-state index in [-0.39, 0.29) is 5.69 Å². The van der Waals surface area contributed by atoms with Gasteiger partial charge in [0.05, 0.1) is 11.4 Å². The average molecular weight is 300 g/mol. The van der Waals surface area contributed by atoms with Gasteiger partial charge in [0.1, 0.15) is 0 Å². The lowest BCUT2D eigenvalue weighted by Gasteiger charge is -2.09. The van der Waals surface area contributed by atoms with Crippen LogP contribution in [0.2, 0.25) is 5.02 Å². The molecule has 0 bridgehead atoms. The number of benzene rings is 1. The Labute approximate surface area is 125 Å². The summed E-state index contributed by atoms with van der Waals surface area (Å²) in [6.07, 6.45) is 3.50. The number of aromatic carboxylic acids is 1. The highest BCUT2D eigenvalue weighted by atomic mass is 35.5. The SMILES string of the molecule is O=C(O)c1cn2c(n1)-c1cccn1Cc1cc(Cl)ccc1-2. The smallest absolute Gasteiger partial charge is 0.356 e. The highest BCUT2D eigenvalue weighted by Gasteiger charge is 2.22. The minimum absolute atomic E-state index is 0.0283. The summed E-state index contributed by atoms with van der Waals surface area (Å²) in [6, 6.07) is 9.44. The molecule has 1 aliphatic rings. The summed E-state index contributed by atoms with van der Waals surface area (Å²) in [5.41, 5.74) is 2.83.